The number of aliphatic imine (C=N–C) groups is 1. The summed E-state index contributed by atoms with van der Waals surface area (Å²) in [6, 6.07) is 7.73. The quantitative estimate of drug-likeness (QED) is 0.275. The molecule has 0 heterocycles. The molecule has 1 aliphatic rings. The van der Waals surface area contributed by atoms with Gasteiger partial charge in [-0.25, -0.2) is 13.1 Å². The lowest BCUT2D eigenvalue weighted by atomic mass is 9.86. The zero-order valence-electron chi connectivity index (χ0n) is 15.3. The van der Waals surface area contributed by atoms with Gasteiger partial charge in [0.05, 0.1) is 12.9 Å². The summed E-state index contributed by atoms with van der Waals surface area (Å²) in [7, 11) is 0.0518. The lowest BCUT2D eigenvalue weighted by Crippen LogP contribution is -2.41. The highest BCUT2D eigenvalue weighted by atomic mass is 127. The molecular formula is C17H29IN4O3S. The van der Waals surface area contributed by atoms with Crippen LogP contribution in [-0.2, 0) is 16.6 Å². The maximum atomic E-state index is 12.0. The molecule has 9 heteroatoms. The topological polar surface area (TPSA) is 91.8 Å². The predicted molar refractivity (Wildman–Crippen MR) is 116 cm³/mol. The van der Waals surface area contributed by atoms with Gasteiger partial charge in [-0.3, -0.25) is 4.99 Å². The molecule has 7 nitrogen and oxygen atoms in total. The summed E-state index contributed by atoms with van der Waals surface area (Å²) in [6.07, 6.45) is 3.47. The average Bonchev–Trinajstić information content (AvgIpc) is 2.56. The Kier molecular flexibility index (Phi) is 10.3. The van der Waals surface area contributed by atoms with Gasteiger partial charge < -0.3 is 15.4 Å². The number of guanidine groups is 1. The van der Waals surface area contributed by atoms with E-state index in [-0.39, 0.29) is 29.7 Å². The first-order valence-electron chi connectivity index (χ1n) is 8.57. The Morgan fingerprint density at radius 2 is 1.92 bits per heavy atom. The number of hydrogen-bond acceptors (Lipinski definition) is 4. The third-order valence-corrected chi connectivity index (χ3v) is 5.67. The molecule has 1 fully saturated rings. The predicted octanol–water partition coefficient (Wildman–Crippen LogP) is 1.70. The van der Waals surface area contributed by atoms with E-state index in [1.54, 1.807) is 14.2 Å². The summed E-state index contributed by atoms with van der Waals surface area (Å²) >= 11 is 0. The van der Waals surface area contributed by atoms with E-state index in [0.29, 0.717) is 31.5 Å². The highest BCUT2D eigenvalue weighted by molar-refractivity contribution is 14.0. The summed E-state index contributed by atoms with van der Waals surface area (Å²) in [5, 5.41) is 6.19. The number of nitrogens with zero attached hydrogens (tertiary/aromatic N) is 1. The normalized spacial score (nSPS) is 14.9. The van der Waals surface area contributed by atoms with E-state index in [0.717, 1.165) is 24.2 Å². The lowest BCUT2D eigenvalue weighted by Gasteiger charge is -2.25. The highest BCUT2D eigenvalue weighted by Gasteiger charge is 2.19. The zero-order valence-corrected chi connectivity index (χ0v) is 18.5. The van der Waals surface area contributed by atoms with E-state index in [2.05, 4.69) is 20.3 Å². The van der Waals surface area contributed by atoms with Gasteiger partial charge >= 0.3 is 0 Å². The molecule has 1 saturated carbocycles. The number of nitrogens with one attached hydrogen (secondary N) is 3. The first-order chi connectivity index (χ1) is 12.0. The molecule has 26 heavy (non-hydrogen) atoms. The van der Waals surface area contributed by atoms with Crippen LogP contribution in [0, 0.1) is 5.92 Å². The van der Waals surface area contributed by atoms with Crippen molar-refractivity contribution >= 4 is 40.0 Å². The number of halogens is 1. The maximum absolute atomic E-state index is 12.0. The molecule has 1 aromatic carbocycles. The number of sulfonamides is 1. The van der Waals surface area contributed by atoms with Gasteiger partial charge in [-0.1, -0.05) is 18.6 Å². The number of methoxy groups -OCH3 is 1. The van der Waals surface area contributed by atoms with Gasteiger partial charge in [0, 0.05) is 26.7 Å². The third-order valence-electron chi connectivity index (χ3n) is 4.32. The first kappa shape index (κ1) is 23.0. The van der Waals surface area contributed by atoms with Crippen LogP contribution >= 0.6 is 24.0 Å². The van der Waals surface area contributed by atoms with Gasteiger partial charge in [-0.05, 0) is 36.5 Å². The molecule has 0 radical (unpaired) electrons. The van der Waals surface area contributed by atoms with Crippen LogP contribution in [-0.4, -0.2) is 47.4 Å². The molecule has 0 spiro atoms. The van der Waals surface area contributed by atoms with Gasteiger partial charge in [0.2, 0.25) is 10.0 Å². The standard InChI is InChI=1S/C17H28N4O3S.HI/c1-18-17(20-12-15-6-8-16(24-2)9-7-15)19-10-11-25(22,23)21-13-14-4-3-5-14;/h6-9,14,21H,3-5,10-13H2,1-2H3,(H2,18,19,20);1H. The van der Waals surface area contributed by atoms with Crippen LogP contribution in [0.25, 0.3) is 0 Å². The minimum absolute atomic E-state index is 0. The van der Waals surface area contributed by atoms with Crippen molar-refractivity contribution in [2.24, 2.45) is 10.9 Å². The third kappa shape index (κ3) is 8.09. The van der Waals surface area contributed by atoms with Crippen molar-refractivity contribution in [2.75, 3.05) is 33.0 Å². The molecule has 2 rings (SSSR count). The van der Waals surface area contributed by atoms with E-state index >= 15 is 0 Å². The Morgan fingerprint density at radius 3 is 2.46 bits per heavy atom. The monoisotopic (exact) mass is 496 g/mol. The molecule has 1 aliphatic carbocycles. The van der Waals surface area contributed by atoms with Crippen molar-refractivity contribution < 1.29 is 13.2 Å². The molecule has 0 saturated heterocycles. The van der Waals surface area contributed by atoms with Gasteiger partial charge in [0.25, 0.3) is 0 Å². The van der Waals surface area contributed by atoms with Crippen molar-refractivity contribution in [1.82, 2.24) is 15.4 Å². The van der Waals surface area contributed by atoms with Gasteiger partial charge in [-0.15, -0.1) is 24.0 Å². The van der Waals surface area contributed by atoms with E-state index in [4.69, 9.17) is 4.74 Å². The second-order valence-electron chi connectivity index (χ2n) is 6.16. The van der Waals surface area contributed by atoms with Crippen LogP contribution in [0.5, 0.6) is 5.75 Å². The minimum atomic E-state index is -3.24. The van der Waals surface area contributed by atoms with Crippen molar-refractivity contribution in [3.8, 4) is 5.75 Å². The van der Waals surface area contributed by atoms with Crippen molar-refractivity contribution in [3.05, 3.63) is 29.8 Å². The Hall–Kier alpha value is -1.07. The summed E-state index contributed by atoms with van der Waals surface area (Å²) in [5.41, 5.74) is 1.08. The number of rotatable bonds is 9. The van der Waals surface area contributed by atoms with Crippen molar-refractivity contribution in [1.29, 1.82) is 0 Å². The van der Waals surface area contributed by atoms with E-state index in [9.17, 15) is 8.42 Å². The fourth-order valence-corrected chi connectivity index (χ4v) is 3.47. The molecule has 0 aliphatic heterocycles. The number of hydrogen-bond donors (Lipinski definition) is 3. The van der Waals surface area contributed by atoms with Crippen LogP contribution in [0.4, 0.5) is 0 Å². The second-order valence-corrected chi connectivity index (χ2v) is 8.09. The van der Waals surface area contributed by atoms with Crippen molar-refractivity contribution in [3.63, 3.8) is 0 Å². The Balaban J connectivity index is 0.00000338. The molecule has 0 unspecified atom stereocenters. The molecule has 3 N–H and O–H groups in total. The molecule has 0 aromatic heterocycles. The van der Waals surface area contributed by atoms with Crippen LogP contribution in [0.2, 0.25) is 0 Å². The van der Waals surface area contributed by atoms with Crippen LogP contribution in [0.1, 0.15) is 24.8 Å². The minimum Gasteiger partial charge on any atom is -0.497 e. The van der Waals surface area contributed by atoms with Crippen LogP contribution < -0.4 is 20.1 Å². The second kappa shape index (κ2) is 11.6. The summed E-state index contributed by atoms with van der Waals surface area (Å²) < 4.78 is 31.7. The van der Waals surface area contributed by atoms with Crippen molar-refractivity contribution in [2.45, 2.75) is 25.8 Å². The average molecular weight is 496 g/mol. The lowest BCUT2D eigenvalue weighted by molar-refractivity contribution is 0.316. The van der Waals surface area contributed by atoms with Crippen LogP contribution in [0.3, 0.4) is 0 Å². The maximum Gasteiger partial charge on any atom is 0.213 e. The largest absolute Gasteiger partial charge is 0.497 e. The molecule has 0 amide bonds. The van der Waals surface area contributed by atoms with E-state index in [1.165, 1.54) is 6.42 Å². The van der Waals surface area contributed by atoms with Gasteiger partial charge in [0.1, 0.15) is 5.75 Å². The van der Waals surface area contributed by atoms with E-state index in [1.807, 2.05) is 24.3 Å². The molecule has 148 valence electrons. The molecule has 0 atom stereocenters. The molecule has 0 bridgehead atoms. The molecule has 1 aromatic rings. The Morgan fingerprint density at radius 1 is 1.23 bits per heavy atom. The summed E-state index contributed by atoms with van der Waals surface area (Å²) in [4.78, 5) is 4.11. The zero-order chi connectivity index (χ0) is 18.1. The number of ether oxygens (including phenoxy) is 1. The fourth-order valence-electron chi connectivity index (χ4n) is 2.47. The van der Waals surface area contributed by atoms with Gasteiger partial charge in [-0.2, -0.15) is 0 Å². The Labute approximate surface area is 173 Å². The summed E-state index contributed by atoms with van der Waals surface area (Å²) in [6.45, 7) is 1.46. The summed E-state index contributed by atoms with van der Waals surface area (Å²) in [5.74, 6) is 1.93. The van der Waals surface area contributed by atoms with Crippen LogP contribution in [0.15, 0.2) is 29.3 Å². The molecular weight excluding hydrogens is 467 g/mol. The SMILES string of the molecule is CN=C(NCCS(=O)(=O)NCC1CCC1)NCc1ccc(OC)cc1.I. The van der Waals surface area contributed by atoms with E-state index < -0.39 is 10.0 Å². The van der Waals surface area contributed by atoms with Gasteiger partial charge in [0.15, 0.2) is 5.96 Å². The fraction of sp³-hybridized carbons (Fsp3) is 0.588. The number of benzene rings is 1. The smallest absolute Gasteiger partial charge is 0.213 e. The first-order valence-corrected chi connectivity index (χ1v) is 10.2. The Bertz CT molecular complexity index is 661. The highest BCUT2D eigenvalue weighted by Crippen LogP contribution is 2.25.